The van der Waals surface area contributed by atoms with Crippen LogP contribution in [0.15, 0.2) is 17.3 Å². The summed E-state index contributed by atoms with van der Waals surface area (Å²) in [4.78, 5) is 3.83. The van der Waals surface area contributed by atoms with Crippen LogP contribution >= 0.6 is 0 Å². The topological polar surface area (TPSA) is 50.4 Å². The summed E-state index contributed by atoms with van der Waals surface area (Å²) in [6.07, 6.45) is 3.51. The Kier molecular flexibility index (Phi) is 0.978. The molecule has 0 atom stereocenters. The molecule has 0 unspecified atom stereocenters. The lowest BCUT2D eigenvalue weighted by molar-refractivity contribution is 0.871. The summed E-state index contributed by atoms with van der Waals surface area (Å²) < 4.78 is 0. The third-order valence-electron chi connectivity index (χ3n) is 0.725. The molecule has 0 saturated carbocycles. The molecule has 3 heteroatoms. The zero-order chi connectivity index (χ0) is 5.11. The van der Waals surface area contributed by atoms with E-state index in [4.69, 9.17) is 5.73 Å². The van der Waals surface area contributed by atoms with Crippen LogP contribution in [-0.2, 0) is 0 Å². The van der Waals surface area contributed by atoms with E-state index < -0.39 is 0 Å². The van der Waals surface area contributed by atoms with Gasteiger partial charge < -0.3 is 11.1 Å². The molecular weight excluding hydrogens is 90.1 g/mol. The monoisotopic (exact) mass is 97.1 g/mol. The van der Waals surface area contributed by atoms with Gasteiger partial charge in [0.1, 0.15) is 12.5 Å². The molecular formula is C4H7N3. The van der Waals surface area contributed by atoms with Gasteiger partial charge in [-0.2, -0.15) is 0 Å². The van der Waals surface area contributed by atoms with E-state index >= 15 is 0 Å². The summed E-state index contributed by atoms with van der Waals surface area (Å²) in [7, 11) is 0. The number of aliphatic imine (C=N–C) groups is 1. The van der Waals surface area contributed by atoms with Gasteiger partial charge in [-0.15, -0.1) is 0 Å². The molecule has 3 N–H and O–H groups in total. The van der Waals surface area contributed by atoms with E-state index in [0.717, 1.165) is 0 Å². The molecule has 1 aliphatic heterocycles. The van der Waals surface area contributed by atoms with Crippen LogP contribution in [0.1, 0.15) is 0 Å². The van der Waals surface area contributed by atoms with Crippen LogP contribution in [0.3, 0.4) is 0 Å². The fourth-order valence-electron chi connectivity index (χ4n) is 0.387. The molecule has 7 heavy (non-hydrogen) atoms. The Hall–Kier alpha value is -0.990. The van der Waals surface area contributed by atoms with Crippen LogP contribution in [0, 0.1) is 0 Å². The molecule has 0 aromatic carbocycles. The molecule has 0 aromatic heterocycles. The van der Waals surface area contributed by atoms with Crippen molar-refractivity contribution >= 4 is 5.84 Å². The first kappa shape index (κ1) is 4.18. The van der Waals surface area contributed by atoms with E-state index in [0.29, 0.717) is 12.5 Å². The minimum atomic E-state index is 0.596. The number of amidine groups is 1. The molecule has 0 aliphatic carbocycles. The first-order valence-corrected chi connectivity index (χ1v) is 2.09. The van der Waals surface area contributed by atoms with Gasteiger partial charge in [0.2, 0.25) is 0 Å². The first-order chi connectivity index (χ1) is 3.39. The Bertz CT molecular complexity index is 114. The highest BCUT2D eigenvalue weighted by molar-refractivity contribution is 5.91. The van der Waals surface area contributed by atoms with E-state index in [-0.39, 0.29) is 0 Å². The molecule has 0 bridgehead atoms. The SMILES string of the molecule is NC1=NCNC=C1. The highest BCUT2D eigenvalue weighted by Crippen LogP contribution is 1.77. The lowest BCUT2D eigenvalue weighted by Crippen LogP contribution is -2.18. The van der Waals surface area contributed by atoms with Crippen molar-refractivity contribution in [3.63, 3.8) is 0 Å². The van der Waals surface area contributed by atoms with Crippen molar-refractivity contribution in [1.29, 1.82) is 0 Å². The van der Waals surface area contributed by atoms with E-state index in [1.54, 1.807) is 12.3 Å². The van der Waals surface area contributed by atoms with Crippen LogP contribution in [0.5, 0.6) is 0 Å². The molecule has 0 saturated heterocycles. The van der Waals surface area contributed by atoms with Gasteiger partial charge in [0.25, 0.3) is 0 Å². The van der Waals surface area contributed by atoms with Crippen LogP contribution in [0.25, 0.3) is 0 Å². The third-order valence-corrected chi connectivity index (χ3v) is 0.725. The van der Waals surface area contributed by atoms with Gasteiger partial charge in [-0.3, -0.25) is 0 Å². The second-order valence-electron chi connectivity index (χ2n) is 1.28. The number of rotatable bonds is 0. The van der Waals surface area contributed by atoms with E-state index in [1.165, 1.54) is 0 Å². The Morgan fingerprint density at radius 3 is 3.00 bits per heavy atom. The zero-order valence-electron chi connectivity index (χ0n) is 3.89. The number of nitrogens with zero attached hydrogens (tertiary/aromatic N) is 1. The molecule has 0 aromatic rings. The van der Waals surface area contributed by atoms with E-state index in [9.17, 15) is 0 Å². The highest BCUT2D eigenvalue weighted by Gasteiger charge is 1.85. The van der Waals surface area contributed by atoms with Gasteiger partial charge in [-0.05, 0) is 6.08 Å². The van der Waals surface area contributed by atoms with Crippen LogP contribution < -0.4 is 11.1 Å². The quantitative estimate of drug-likeness (QED) is 0.425. The van der Waals surface area contributed by atoms with Crippen molar-refractivity contribution < 1.29 is 0 Å². The summed E-state index contributed by atoms with van der Waals surface area (Å²) in [5.74, 6) is 0.596. The molecule has 3 nitrogen and oxygen atoms in total. The van der Waals surface area contributed by atoms with Crippen molar-refractivity contribution in [1.82, 2.24) is 5.32 Å². The minimum Gasteiger partial charge on any atom is -0.384 e. The second kappa shape index (κ2) is 1.64. The van der Waals surface area contributed by atoms with Gasteiger partial charge in [0.15, 0.2) is 0 Å². The maximum atomic E-state index is 5.26. The predicted molar refractivity (Wildman–Crippen MR) is 28.8 cm³/mol. The average Bonchev–Trinajstić information content (AvgIpc) is 1.69. The normalized spacial score (nSPS) is 18.0. The van der Waals surface area contributed by atoms with E-state index in [1.807, 2.05) is 0 Å². The van der Waals surface area contributed by atoms with Crippen molar-refractivity contribution in [3.8, 4) is 0 Å². The lowest BCUT2D eigenvalue weighted by atomic mass is 10.5. The molecule has 0 spiro atoms. The Balaban J connectivity index is 2.58. The van der Waals surface area contributed by atoms with Gasteiger partial charge >= 0.3 is 0 Å². The standard InChI is InChI=1S/C4H7N3/c5-4-1-2-6-3-7-4/h1-2,6H,3H2,(H2,5,7). The summed E-state index contributed by atoms with van der Waals surface area (Å²) in [5, 5.41) is 2.87. The number of hydrogen-bond donors (Lipinski definition) is 2. The third kappa shape index (κ3) is 0.924. The Labute approximate surface area is 41.9 Å². The summed E-state index contributed by atoms with van der Waals surface area (Å²) in [6, 6.07) is 0. The van der Waals surface area contributed by atoms with E-state index in [2.05, 4.69) is 10.3 Å². The molecule has 1 rings (SSSR count). The fraction of sp³-hybridized carbons (Fsp3) is 0.250. The molecule has 0 amide bonds. The second-order valence-corrected chi connectivity index (χ2v) is 1.28. The van der Waals surface area contributed by atoms with Crippen LogP contribution in [-0.4, -0.2) is 12.5 Å². The molecule has 38 valence electrons. The number of nitrogens with two attached hydrogens (primary N) is 1. The molecule has 0 radical (unpaired) electrons. The van der Waals surface area contributed by atoms with Gasteiger partial charge in [-0.1, -0.05) is 0 Å². The highest BCUT2D eigenvalue weighted by atomic mass is 15.0. The smallest absolute Gasteiger partial charge is 0.121 e. The summed E-state index contributed by atoms with van der Waals surface area (Å²) in [5.41, 5.74) is 5.26. The van der Waals surface area contributed by atoms with Crippen molar-refractivity contribution in [2.24, 2.45) is 10.7 Å². The Morgan fingerprint density at radius 1 is 1.86 bits per heavy atom. The van der Waals surface area contributed by atoms with Gasteiger partial charge in [0, 0.05) is 6.20 Å². The largest absolute Gasteiger partial charge is 0.384 e. The number of hydrogen-bond acceptors (Lipinski definition) is 3. The Morgan fingerprint density at radius 2 is 2.71 bits per heavy atom. The van der Waals surface area contributed by atoms with Crippen molar-refractivity contribution in [2.75, 3.05) is 6.67 Å². The fourth-order valence-corrected chi connectivity index (χ4v) is 0.387. The van der Waals surface area contributed by atoms with Crippen molar-refractivity contribution in [2.45, 2.75) is 0 Å². The van der Waals surface area contributed by atoms with Crippen LogP contribution in [0.4, 0.5) is 0 Å². The maximum Gasteiger partial charge on any atom is 0.121 e. The maximum absolute atomic E-state index is 5.26. The zero-order valence-corrected chi connectivity index (χ0v) is 3.89. The van der Waals surface area contributed by atoms with Gasteiger partial charge in [0.05, 0.1) is 0 Å². The minimum absolute atomic E-state index is 0.596. The van der Waals surface area contributed by atoms with Gasteiger partial charge in [-0.25, -0.2) is 4.99 Å². The van der Waals surface area contributed by atoms with Crippen LogP contribution in [0.2, 0.25) is 0 Å². The predicted octanol–water partition coefficient (Wildman–Crippen LogP) is -0.582. The molecule has 1 heterocycles. The lowest BCUT2D eigenvalue weighted by Gasteiger charge is -2.00. The molecule has 0 fully saturated rings. The first-order valence-electron chi connectivity index (χ1n) is 2.09. The molecule has 1 aliphatic rings. The number of nitrogens with one attached hydrogen (secondary N) is 1. The average molecular weight is 97.1 g/mol. The van der Waals surface area contributed by atoms with Crippen molar-refractivity contribution in [3.05, 3.63) is 12.3 Å². The summed E-state index contributed by atoms with van der Waals surface area (Å²) >= 11 is 0. The summed E-state index contributed by atoms with van der Waals surface area (Å²) in [6.45, 7) is 0.613.